The average Bonchev–Trinajstić information content (AvgIpc) is 2.31. The second-order valence-corrected chi connectivity index (χ2v) is 3.26. The molecule has 0 fully saturated rings. The normalized spacial score (nSPS) is 10.8. The Hall–Kier alpha value is -1.28. The Labute approximate surface area is 93.9 Å². The number of nitrogens with one attached hydrogen (secondary N) is 1. The zero-order chi connectivity index (χ0) is 11.8. The third kappa shape index (κ3) is 4.07. The van der Waals surface area contributed by atoms with Gasteiger partial charge in [-0.05, 0) is 0 Å². The highest BCUT2D eigenvalue weighted by Crippen LogP contribution is 2.02. The molecule has 0 radical (unpaired) electrons. The molecule has 0 bridgehead atoms. The van der Waals surface area contributed by atoms with Crippen molar-refractivity contribution in [3.05, 3.63) is 18.1 Å². The number of aliphatic hydroxyl groups is 2. The predicted molar refractivity (Wildman–Crippen MR) is 59.3 cm³/mol. The number of aromatic nitrogens is 2. The number of hydrogen-bond donors (Lipinski definition) is 4. The lowest BCUT2D eigenvalue weighted by molar-refractivity contribution is 0.154. The van der Waals surface area contributed by atoms with Crippen LogP contribution in [0.1, 0.15) is 5.69 Å². The van der Waals surface area contributed by atoms with E-state index in [-0.39, 0.29) is 13.2 Å². The first-order valence-corrected chi connectivity index (χ1v) is 5.01. The van der Waals surface area contributed by atoms with Crippen molar-refractivity contribution in [3.63, 3.8) is 0 Å². The Kier molecular flexibility index (Phi) is 5.65. The molecule has 0 atom stereocenters. The summed E-state index contributed by atoms with van der Waals surface area (Å²) in [4.78, 5) is 10.1. The SMILES string of the molecule is NNc1cnc(CN(CCO)CCO)cn1. The van der Waals surface area contributed by atoms with Crippen LogP contribution in [0.2, 0.25) is 0 Å². The second-order valence-electron chi connectivity index (χ2n) is 3.26. The van der Waals surface area contributed by atoms with Crippen LogP contribution in [0.3, 0.4) is 0 Å². The van der Waals surface area contributed by atoms with Crippen LogP contribution < -0.4 is 11.3 Å². The van der Waals surface area contributed by atoms with E-state index in [4.69, 9.17) is 16.1 Å². The van der Waals surface area contributed by atoms with Crippen LogP contribution in [0.5, 0.6) is 0 Å². The third-order valence-electron chi connectivity index (χ3n) is 2.07. The summed E-state index contributed by atoms with van der Waals surface area (Å²) in [7, 11) is 0. The number of nitrogen functional groups attached to an aromatic ring is 1. The number of aliphatic hydroxyl groups excluding tert-OH is 2. The highest BCUT2D eigenvalue weighted by Gasteiger charge is 2.06. The molecule has 90 valence electrons. The zero-order valence-corrected chi connectivity index (χ0v) is 9.00. The van der Waals surface area contributed by atoms with Gasteiger partial charge in [-0.1, -0.05) is 0 Å². The zero-order valence-electron chi connectivity index (χ0n) is 9.00. The topological polar surface area (TPSA) is 108 Å². The number of hydrazine groups is 1. The molecule has 1 rings (SSSR count). The summed E-state index contributed by atoms with van der Waals surface area (Å²) in [5, 5.41) is 17.7. The highest BCUT2D eigenvalue weighted by atomic mass is 16.3. The van der Waals surface area contributed by atoms with E-state index in [1.54, 1.807) is 6.20 Å². The maximum Gasteiger partial charge on any atom is 0.158 e. The van der Waals surface area contributed by atoms with Gasteiger partial charge in [0.2, 0.25) is 0 Å². The summed E-state index contributed by atoms with van der Waals surface area (Å²) < 4.78 is 0. The van der Waals surface area contributed by atoms with Crippen LogP contribution in [0.15, 0.2) is 12.4 Å². The van der Waals surface area contributed by atoms with Crippen LogP contribution in [-0.4, -0.2) is 51.4 Å². The largest absolute Gasteiger partial charge is 0.395 e. The minimum Gasteiger partial charge on any atom is -0.395 e. The lowest BCUT2D eigenvalue weighted by Gasteiger charge is -2.19. The average molecular weight is 227 g/mol. The first-order chi connectivity index (χ1) is 7.80. The Balaban J connectivity index is 2.54. The van der Waals surface area contributed by atoms with Crippen molar-refractivity contribution in [2.45, 2.75) is 6.54 Å². The molecule has 0 aliphatic rings. The van der Waals surface area contributed by atoms with Gasteiger partial charge in [-0.3, -0.25) is 9.88 Å². The summed E-state index contributed by atoms with van der Waals surface area (Å²) in [5.41, 5.74) is 3.16. The third-order valence-corrected chi connectivity index (χ3v) is 2.07. The fourth-order valence-corrected chi connectivity index (χ4v) is 1.29. The molecular formula is C9H17N5O2. The smallest absolute Gasteiger partial charge is 0.158 e. The van der Waals surface area contributed by atoms with Gasteiger partial charge in [0, 0.05) is 19.6 Å². The van der Waals surface area contributed by atoms with Crippen LogP contribution >= 0.6 is 0 Å². The molecule has 0 saturated carbocycles. The van der Waals surface area contributed by atoms with Crippen LogP contribution in [0, 0.1) is 0 Å². The van der Waals surface area contributed by atoms with Gasteiger partial charge in [-0.2, -0.15) is 0 Å². The molecule has 16 heavy (non-hydrogen) atoms. The van der Waals surface area contributed by atoms with E-state index in [1.165, 1.54) is 6.20 Å². The molecule has 7 nitrogen and oxygen atoms in total. The van der Waals surface area contributed by atoms with Gasteiger partial charge in [-0.25, -0.2) is 10.8 Å². The van der Waals surface area contributed by atoms with E-state index in [0.29, 0.717) is 25.5 Å². The summed E-state index contributed by atoms with van der Waals surface area (Å²) in [5.74, 6) is 5.67. The number of nitrogens with two attached hydrogens (primary N) is 1. The lowest BCUT2D eigenvalue weighted by Crippen LogP contribution is -2.29. The van der Waals surface area contributed by atoms with Crippen molar-refractivity contribution < 1.29 is 10.2 Å². The summed E-state index contributed by atoms with van der Waals surface area (Å²) in [6.45, 7) is 1.64. The van der Waals surface area contributed by atoms with E-state index in [9.17, 15) is 0 Å². The van der Waals surface area contributed by atoms with Gasteiger partial charge in [0.15, 0.2) is 5.82 Å². The molecule has 0 aliphatic heterocycles. The predicted octanol–water partition coefficient (Wildman–Crippen LogP) is -1.45. The quantitative estimate of drug-likeness (QED) is 0.333. The minimum absolute atomic E-state index is 0.0515. The van der Waals surface area contributed by atoms with E-state index >= 15 is 0 Å². The maximum absolute atomic E-state index is 8.84. The number of anilines is 1. The van der Waals surface area contributed by atoms with E-state index in [2.05, 4.69) is 15.4 Å². The van der Waals surface area contributed by atoms with Crippen molar-refractivity contribution >= 4 is 5.82 Å². The summed E-state index contributed by atoms with van der Waals surface area (Å²) in [6.07, 6.45) is 3.14. The Bertz CT molecular complexity index is 286. The van der Waals surface area contributed by atoms with Gasteiger partial charge < -0.3 is 15.6 Å². The lowest BCUT2D eigenvalue weighted by atomic mass is 10.3. The fraction of sp³-hybridized carbons (Fsp3) is 0.556. The van der Waals surface area contributed by atoms with Crippen molar-refractivity contribution in [3.8, 4) is 0 Å². The van der Waals surface area contributed by atoms with Crippen molar-refractivity contribution in [1.82, 2.24) is 14.9 Å². The second kappa shape index (κ2) is 7.07. The first-order valence-electron chi connectivity index (χ1n) is 5.01. The van der Waals surface area contributed by atoms with E-state index < -0.39 is 0 Å². The summed E-state index contributed by atoms with van der Waals surface area (Å²) >= 11 is 0. The van der Waals surface area contributed by atoms with Gasteiger partial charge in [0.1, 0.15) is 0 Å². The van der Waals surface area contributed by atoms with E-state index in [0.717, 1.165) is 5.69 Å². The molecule has 0 amide bonds. The molecule has 1 aromatic rings. The standard InChI is InChI=1S/C9H17N5O2/c10-13-9-6-11-8(5-12-9)7-14(1-3-15)2-4-16/h5-6,15-16H,1-4,7,10H2,(H,12,13). The number of rotatable bonds is 7. The molecule has 0 aliphatic carbocycles. The van der Waals surface area contributed by atoms with Crippen molar-refractivity contribution in [2.75, 3.05) is 31.7 Å². The molecule has 5 N–H and O–H groups in total. The Morgan fingerprint density at radius 1 is 1.19 bits per heavy atom. The Morgan fingerprint density at radius 3 is 2.31 bits per heavy atom. The number of hydrogen-bond acceptors (Lipinski definition) is 7. The van der Waals surface area contributed by atoms with Gasteiger partial charge in [-0.15, -0.1) is 0 Å². The minimum atomic E-state index is 0.0515. The molecule has 0 saturated heterocycles. The molecular weight excluding hydrogens is 210 g/mol. The number of nitrogens with zero attached hydrogens (tertiary/aromatic N) is 3. The van der Waals surface area contributed by atoms with Gasteiger partial charge >= 0.3 is 0 Å². The van der Waals surface area contributed by atoms with Crippen LogP contribution in [0.4, 0.5) is 5.82 Å². The monoisotopic (exact) mass is 227 g/mol. The molecule has 7 heteroatoms. The molecule has 1 aromatic heterocycles. The van der Waals surface area contributed by atoms with E-state index in [1.807, 2.05) is 4.90 Å². The summed E-state index contributed by atoms with van der Waals surface area (Å²) in [6, 6.07) is 0. The van der Waals surface area contributed by atoms with Crippen molar-refractivity contribution in [1.29, 1.82) is 0 Å². The molecule has 0 aromatic carbocycles. The fourth-order valence-electron chi connectivity index (χ4n) is 1.29. The highest BCUT2D eigenvalue weighted by molar-refractivity contribution is 5.28. The first kappa shape index (κ1) is 12.8. The maximum atomic E-state index is 8.84. The van der Waals surface area contributed by atoms with Crippen LogP contribution in [-0.2, 0) is 6.54 Å². The van der Waals surface area contributed by atoms with Gasteiger partial charge in [0.05, 0.1) is 31.3 Å². The van der Waals surface area contributed by atoms with Gasteiger partial charge in [0.25, 0.3) is 0 Å². The molecule has 0 unspecified atom stereocenters. The molecule has 1 heterocycles. The van der Waals surface area contributed by atoms with Crippen molar-refractivity contribution in [2.24, 2.45) is 5.84 Å². The Morgan fingerprint density at radius 2 is 1.88 bits per heavy atom. The van der Waals surface area contributed by atoms with Crippen LogP contribution in [0.25, 0.3) is 0 Å². The molecule has 0 spiro atoms.